The number of hydrogen-bond acceptors (Lipinski definition) is 7. The van der Waals surface area contributed by atoms with Gasteiger partial charge in [0.2, 0.25) is 0 Å². The second kappa shape index (κ2) is 7.12. The van der Waals surface area contributed by atoms with Gasteiger partial charge in [0.15, 0.2) is 0 Å². The number of nitrogens with one attached hydrogen (secondary N) is 1. The summed E-state index contributed by atoms with van der Waals surface area (Å²) in [5.74, 6) is -0.177. The van der Waals surface area contributed by atoms with Crippen LogP contribution in [0.3, 0.4) is 0 Å². The predicted octanol–water partition coefficient (Wildman–Crippen LogP) is 2.25. The molecule has 11 nitrogen and oxygen atoms in total. The predicted molar refractivity (Wildman–Crippen MR) is 116 cm³/mol. The third-order valence-corrected chi connectivity index (χ3v) is 6.13. The highest BCUT2D eigenvalue weighted by Gasteiger charge is 2.38. The lowest BCUT2D eigenvalue weighted by molar-refractivity contribution is 0.0646. The van der Waals surface area contributed by atoms with Crippen LogP contribution >= 0.6 is 0 Å². The second-order valence-electron chi connectivity index (χ2n) is 8.22. The highest BCUT2D eigenvalue weighted by molar-refractivity contribution is 5.90. The quantitative estimate of drug-likeness (QED) is 0.454. The number of amides is 1. The molecule has 1 amide bonds. The number of imidazole rings is 1. The number of H-pyrrole nitrogens is 1. The Balaban J connectivity index is 1.42. The monoisotopic (exact) mass is 443 g/mol. The molecule has 0 radical (unpaired) electrons. The Morgan fingerprint density at radius 3 is 2.91 bits per heavy atom. The summed E-state index contributed by atoms with van der Waals surface area (Å²) in [4.78, 5) is 23.0. The minimum absolute atomic E-state index is 0.0745. The standard InChI is InChI=1S/C22H21N9O2/c1-12-5-4-7-31-16(12)9-15(28-31)19-17-14(23-11-24-17)6-8-30(19)22(32)21-27-26-20(33-21)18-13(2)10-25-29(18)3/h4-5,7,9-11,19H,6,8H2,1-3H3,(H,23,24)/t19-/m1/s1. The van der Waals surface area contributed by atoms with Crippen LogP contribution < -0.4 is 0 Å². The minimum atomic E-state index is -0.472. The van der Waals surface area contributed by atoms with E-state index in [1.54, 1.807) is 29.2 Å². The summed E-state index contributed by atoms with van der Waals surface area (Å²) in [6.07, 6.45) is 5.91. The van der Waals surface area contributed by atoms with Gasteiger partial charge < -0.3 is 14.3 Å². The second-order valence-corrected chi connectivity index (χ2v) is 8.22. The molecule has 0 saturated carbocycles. The molecule has 1 N–H and O–H groups in total. The van der Waals surface area contributed by atoms with Gasteiger partial charge in [-0.3, -0.25) is 9.48 Å². The van der Waals surface area contributed by atoms with Crippen molar-refractivity contribution >= 4 is 11.4 Å². The van der Waals surface area contributed by atoms with Crippen molar-refractivity contribution in [1.29, 1.82) is 0 Å². The zero-order valence-corrected chi connectivity index (χ0v) is 18.3. The molecular weight excluding hydrogens is 422 g/mol. The Hall–Kier alpha value is -4.28. The van der Waals surface area contributed by atoms with Gasteiger partial charge in [0.1, 0.15) is 11.7 Å². The van der Waals surface area contributed by atoms with Crippen LogP contribution in [0.2, 0.25) is 0 Å². The molecule has 1 atom stereocenters. The third kappa shape index (κ3) is 2.96. The maximum absolute atomic E-state index is 13.6. The molecule has 1 aliphatic rings. The van der Waals surface area contributed by atoms with Crippen LogP contribution in [-0.4, -0.2) is 56.9 Å². The first kappa shape index (κ1) is 19.4. The van der Waals surface area contributed by atoms with Crippen molar-refractivity contribution < 1.29 is 9.21 Å². The van der Waals surface area contributed by atoms with Gasteiger partial charge in [0.05, 0.1) is 29.4 Å². The minimum Gasteiger partial charge on any atom is -0.411 e. The number of hydrogen-bond donors (Lipinski definition) is 1. The van der Waals surface area contributed by atoms with E-state index in [9.17, 15) is 4.79 Å². The summed E-state index contributed by atoms with van der Waals surface area (Å²) in [6, 6.07) is 5.51. The number of nitrogens with zero attached hydrogens (tertiary/aromatic N) is 8. The largest absolute Gasteiger partial charge is 0.411 e. The molecule has 0 fully saturated rings. The Morgan fingerprint density at radius 2 is 2.12 bits per heavy atom. The lowest BCUT2D eigenvalue weighted by Gasteiger charge is -2.32. The molecule has 166 valence electrons. The molecule has 0 aliphatic carbocycles. The average molecular weight is 443 g/mol. The number of carbonyl (C=O) groups is 1. The Labute approximate surface area is 188 Å². The molecule has 11 heteroatoms. The van der Waals surface area contributed by atoms with Gasteiger partial charge in [-0.2, -0.15) is 10.2 Å². The van der Waals surface area contributed by atoms with Crippen molar-refractivity contribution in [1.82, 2.24) is 44.5 Å². The van der Waals surface area contributed by atoms with Gasteiger partial charge in [0, 0.05) is 31.9 Å². The maximum atomic E-state index is 13.6. The molecule has 0 unspecified atom stereocenters. The number of aromatic nitrogens is 8. The van der Waals surface area contributed by atoms with E-state index in [0.717, 1.165) is 33.7 Å². The third-order valence-electron chi connectivity index (χ3n) is 6.13. The number of aryl methyl sites for hydroxylation is 3. The number of aromatic amines is 1. The average Bonchev–Trinajstić information content (AvgIpc) is 3.59. The zero-order valence-electron chi connectivity index (χ0n) is 18.3. The topological polar surface area (TPSA) is 123 Å². The van der Waals surface area contributed by atoms with Crippen molar-refractivity contribution in [3.8, 4) is 11.6 Å². The van der Waals surface area contributed by atoms with Crippen LogP contribution in [0.1, 0.15) is 44.9 Å². The molecule has 0 aromatic carbocycles. The fourth-order valence-electron chi connectivity index (χ4n) is 4.49. The zero-order chi connectivity index (χ0) is 22.7. The fourth-order valence-corrected chi connectivity index (χ4v) is 4.49. The Kier molecular flexibility index (Phi) is 4.19. The van der Waals surface area contributed by atoms with Crippen LogP contribution in [0.5, 0.6) is 0 Å². The maximum Gasteiger partial charge on any atom is 0.312 e. The molecule has 0 saturated heterocycles. The molecule has 5 aromatic rings. The van der Waals surface area contributed by atoms with Crippen LogP contribution in [0, 0.1) is 13.8 Å². The molecule has 6 heterocycles. The first-order valence-corrected chi connectivity index (χ1v) is 10.6. The van der Waals surface area contributed by atoms with Crippen LogP contribution in [0.15, 0.2) is 41.3 Å². The SMILES string of the molecule is Cc1cnn(C)c1-c1nnc(C(=O)N2CCc3[nH]cnc3[C@H]2c2cc3c(C)cccn3n2)o1. The van der Waals surface area contributed by atoms with Crippen LogP contribution in [0.4, 0.5) is 0 Å². The highest BCUT2D eigenvalue weighted by atomic mass is 16.4. The number of fused-ring (bicyclic) bond motifs is 2. The number of pyridine rings is 1. The molecule has 33 heavy (non-hydrogen) atoms. The number of carbonyl (C=O) groups excluding carboxylic acids is 1. The van der Waals surface area contributed by atoms with Crippen molar-refractivity contribution in [3.63, 3.8) is 0 Å². The van der Waals surface area contributed by atoms with Gasteiger partial charge >= 0.3 is 11.8 Å². The van der Waals surface area contributed by atoms with E-state index in [1.165, 1.54) is 0 Å². The molecule has 0 spiro atoms. The van der Waals surface area contributed by atoms with Crippen molar-refractivity contribution in [2.24, 2.45) is 7.05 Å². The van der Waals surface area contributed by atoms with E-state index >= 15 is 0 Å². The summed E-state index contributed by atoms with van der Waals surface area (Å²) in [5, 5.41) is 17.1. The van der Waals surface area contributed by atoms with Crippen molar-refractivity contribution in [2.75, 3.05) is 6.54 Å². The van der Waals surface area contributed by atoms with E-state index in [4.69, 9.17) is 9.52 Å². The van der Waals surface area contributed by atoms with Crippen molar-refractivity contribution in [3.05, 3.63) is 71.0 Å². The first-order chi connectivity index (χ1) is 16.0. The van der Waals surface area contributed by atoms with E-state index < -0.39 is 6.04 Å². The first-order valence-electron chi connectivity index (χ1n) is 10.6. The smallest absolute Gasteiger partial charge is 0.312 e. The summed E-state index contributed by atoms with van der Waals surface area (Å²) in [6.45, 7) is 4.40. The Morgan fingerprint density at radius 1 is 1.24 bits per heavy atom. The normalized spacial score (nSPS) is 15.8. The van der Waals surface area contributed by atoms with Gasteiger partial charge in [-0.05, 0) is 37.1 Å². The highest BCUT2D eigenvalue weighted by Crippen LogP contribution is 2.34. The fraction of sp³-hybridized carbons (Fsp3) is 0.273. The summed E-state index contributed by atoms with van der Waals surface area (Å²) in [7, 11) is 1.79. The van der Waals surface area contributed by atoms with Crippen LogP contribution in [-0.2, 0) is 13.5 Å². The van der Waals surface area contributed by atoms with Gasteiger partial charge in [-0.15, -0.1) is 10.2 Å². The van der Waals surface area contributed by atoms with E-state index in [1.807, 2.05) is 42.8 Å². The summed E-state index contributed by atoms with van der Waals surface area (Å²) < 4.78 is 9.28. The number of rotatable bonds is 3. The van der Waals surface area contributed by atoms with E-state index in [-0.39, 0.29) is 17.7 Å². The van der Waals surface area contributed by atoms with Crippen molar-refractivity contribution in [2.45, 2.75) is 26.3 Å². The van der Waals surface area contributed by atoms with Gasteiger partial charge in [0.25, 0.3) is 5.89 Å². The summed E-state index contributed by atoms with van der Waals surface area (Å²) in [5.41, 5.74) is 6.15. The molecular formula is C22H21N9O2. The lowest BCUT2D eigenvalue weighted by Crippen LogP contribution is -2.41. The summed E-state index contributed by atoms with van der Waals surface area (Å²) >= 11 is 0. The van der Waals surface area contributed by atoms with E-state index in [2.05, 4.69) is 25.3 Å². The van der Waals surface area contributed by atoms with Gasteiger partial charge in [-0.25, -0.2) is 9.50 Å². The lowest BCUT2D eigenvalue weighted by atomic mass is 9.99. The van der Waals surface area contributed by atoms with Gasteiger partial charge in [-0.1, -0.05) is 6.07 Å². The Bertz CT molecular complexity index is 1490. The van der Waals surface area contributed by atoms with E-state index in [0.29, 0.717) is 18.7 Å². The molecule has 1 aliphatic heterocycles. The molecule has 0 bridgehead atoms. The molecule has 5 aromatic heterocycles. The van der Waals surface area contributed by atoms with Crippen LogP contribution in [0.25, 0.3) is 17.1 Å². The molecule has 6 rings (SSSR count).